The number of rotatable bonds is 7. The minimum atomic E-state index is -0.117. The fourth-order valence-electron chi connectivity index (χ4n) is 4.29. The number of ether oxygens (including phenoxy) is 2. The van der Waals surface area contributed by atoms with Gasteiger partial charge in [-0.05, 0) is 54.8 Å². The van der Waals surface area contributed by atoms with Crippen molar-refractivity contribution in [1.29, 1.82) is 0 Å². The molecule has 0 spiro atoms. The van der Waals surface area contributed by atoms with E-state index in [2.05, 4.69) is 16.8 Å². The van der Waals surface area contributed by atoms with E-state index in [1.54, 1.807) is 18.0 Å². The molecule has 4 aromatic rings. The number of nitrogens with zero attached hydrogens (tertiary/aromatic N) is 3. The van der Waals surface area contributed by atoms with Crippen molar-refractivity contribution in [2.75, 3.05) is 33.4 Å². The molecule has 3 heterocycles. The highest BCUT2D eigenvalue weighted by molar-refractivity contribution is 7.22. The highest BCUT2D eigenvalue weighted by atomic mass is 35.5. The van der Waals surface area contributed by atoms with Gasteiger partial charge in [-0.15, -0.1) is 11.3 Å². The zero-order valence-corrected chi connectivity index (χ0v) is 20.7. The first kappa shape index (κ1) is 22.9. The van der Waals surface area contributed by atoms with Crippen LogP contribution in [-0.4, -0.2) is 47.8 Å². The van der Waals surface area contributed by atoms with Crippen LogP contribution < -0.4 is 15.0 Å². The molecule has 0 N–H and O–H groups in total. The fourth-order valence-corrected chi connectivity index (χ4v) is 5.46. The van der Waals surface area contributed by atoms with Crippen molar-refractivity contribution < 1.29 is 9.47 Å². The smallest absolute Gasteiger partial charge is 0.275 e. The Labute approximate surface area is 207 Å². The van der Waals surface area contributed by atoms with Crippen LogP contribution in [0.1, 0.15) is 13.3 Å². The third-order valence-corrected chi connectivity index (χ3v) is 7.58. The predicted octanol–water partition coefficient (Wildman–Crippen LogP) is 5.50. The number of aromatic nitrogens is 2. The van der Waals surface area contributed by atoms with Crippen molar-refractivity contribution in [3.8, 4) is 27.6 Å². The topological polar surface area (TPSA) is 56.6 Å². The molecule has 1 saturated heterocycles. The van der Waals surface area contributed by atoms with Crippen molar-refractivity contribution in [2.45, 2.75) is 13.3 Å². The molecule has 1 aliphatic heterocycles. The van der Waals surface area contributed by atoms with Gasteiger partial charge in [-0.25, -0.2) is 4.98 Å². The van der Waals surface area contributed by atoms with E-state index in [9.17, 15) is 4.79 Å². The Morgan fingerprint density at radius 2 is 1.97 bits per heavy atom. The largest absolute Gasteiger partial charge is 0.493 e. The number of halogens is 1. The Bertz CT molecular complexity index is 1370. The van der Waals surface area contributed by atoms with E-state index >= 15 is 0 Å². The second-order valence-corrected chi connectivity index (χ2v) is 10.1. The van der Waals surface area contributed by atoms with Gasteiger partial charge in [0.1, 0.15) is 17.6 Å². The van der Waals surface area contributed by atoms with Gasteiger partial charge >= 0.3 is 0 Å². The molecule has 1 fully saturated rings. The van der Waals surface area contributed by atoms with Gasteiger partial charge in [0.05, 0.1) is 18.3 Å². The van der Waals surface area contributed by atoms with Gasteiger partial charge in [0.15, 0.2) is 11.5 Å². The van der Waals surface area contributed by atoms with Crippen LogP contribution in [0.3, 0.4) is 0 Å². The Kier molecular flexibility index (Phi) is 6.59. The van der Waals surface area contributed by atoms with Gasteiger partial charge in [-0.3, -0.25) is 14.3 Å². The Balaban J connectivity index is 1.38. The number of hydrogen-bond acceptors (Lipinski definition) is 6. The average molecular weight is 496 g/mol. The molecule has 0 radical (unpaired) electrons. The van der Waals surface area contributed by atoms with Crippen molar-refractivity contribution in [2.24, 2.45) is 5.92 Å². The van der Waals surface area contributed by atoms with Crippen molar-refractivity contribution in [1.82, 2.24) is 14.5 Å². The lowest BCUT2D eigenvalue weighted by Gasteiger charge is -2.17. The molecule has 1 atom stereocenters. The van der Waals surface area contributed by atoms with Gasteiger partial charge in [0, 0.05) is 29.1 Å². The van der Waals surface area contributed by atoms with Crippen LogP contribution in [0.5, 0.6) is 11.5 Å². The first-order valence-corrected chi connectivity index (χ1v) is 12.5. The summed E-state index contributed by atoms with van der Waals surface area (Å²) in [6, 6.07) is 15.0. The van der Waals surface area contributed by atoms with Crippen LogP contribution in [0, 0.1) is 5.92 Å². The normalized spacial score (nSPS) is 16.3. The molecule has 6 nitrogen and oxygen atoms in total. The van der Waals surface area contributed by atoms with E-state index in [0.717, 1.165) is 36.0 Å². The van der Waals surface area contributed by atoms with Crippen LogP contribution in [0.15, 0.2) is 59.7 Å². The summed E-state index contributed by atoms with van der Waals surface area (Å²) >= 11 is 7.44. The summed E-state index contributed by atoms with van der Waals surface area (Å²) in [5, 5.41) is 0.678. The van der Waals surface area contributed by atoms with Gasteiger partial charge < -0.3 is 9.47 Å². The summed E-state index contributed by atoms with van der Waals surface area (Å²) in [6.45, 7) is 6.02. The number of hydrogen-bond donors (Lipinski definition) is 0. The molecular weight excluding hydrogens is 470 g/mol. The maximum Gasteiger partial charge on any atom is 0.275 e. The zero-order valence-electron chi connectivity index (χ0n) is 19.2. The van der Waals surface area contributed by atoms with E-state index < -0.39 is 0 Å². The summed E-state index contributed by atoms with van der Waals surface area (Å²) in [4.78, 5) is 21.2. The van der Waals surface area contributed by atoms with E-state index in [-0.39, 0.29) is 5.56 Å². The van der Waals surface area contributed by atoms with Crippen LogP contribution >= 0.6 is 22.9 Å². The lowest BCUT2D eigenvalue weighted by Crippen LogP contribution is -2.26. The van der Waals surface area contributed by atoms with Crippen LogP contribution in [0.4, 0.5) is 0 Å². The average Bonchev–Trinajstić information content (AvgIpc) is 3.47. The Hall–Kier alpha value is -2.87. The predicted molar refractivity (Wildman–Crippen MR) is 138 cm³/mol. The first-order valence-electron chi connectivity index (χ1n) is 11.3. The number of methoxy groups -OCH3 is 1. The summed E-state index contributed by atoms with van der Waals surface area (Å²) in [6.07, 6.45) is 2.81. The second kappa shape index (κ2) is 9.78. The highest BCUT2D eigenvalue weighted by Gasteiger charge is 2.18. The lowest BCUT2D eigenvalue weighted by molar-refractivity contribution is 0.227. The van der Waals surface area contributed by atoms with Crippen LogP contribution in [0.25, 0.3) is 26.3 Å². The van der Waals surface area contributed by atoms with Gasteiger partial charge in [-0.2, -0.15) is 0 Å². The number of likely N-dealkylation sites (tertiary alicyclic amines) is 1. The molecule has 34 heavy (non-hydrogen) atoms. The summed E-state index contributed by atoms with van der Waals surface area (Å²) in [5.74, 6) is 2.01. The van der Waals surface area contributed by atoms with Gasteiger partial charge in [0.25, 0.3) is 5.56 Å². The van der Waals surface area contributed by atoms with Crippen molar-refractivity contribution in [3.05, 3.63) is 70.2 Å². The van der Waals surface area contributed by atoms with E-state index in [0.29, 0.717) is 39.0 Å². The molecule has 5 rings (SSSR count). The highest BCUT2D eigenvalue weighted by Crippen LogP contribution is 2.33. The molecule has 0 bridgehead atoms. The summed E-state index contributed by atoms with van der Waals surface area (Å²) in [5.41, 5.74) is 2.25. The molecular formula is C26H26ClN3O3S. The summed E-state index contributed by atoms with van der Waals surface area (Å²) < 4.78 is 13.7. The quantitative estimate of drug-likeness (QED) is 0.339. The van der Waals surface area contributed by atoms with Crippen LogP contribution in [0.2, 0.25) is 5.02 Å². The maximum atomic E-state index is 13.3. The minimum absolute atomic E-state index is 0.117. The van der Waals surface area contributed by atoms with E-state index in [4.69, 9.17) is 21.1 Å². The third-order valence-electron chi connectivity index (χ3n) is 6.17. The summed E-state index contributed by atoms with van der Waals surface area (Å²) in [7, 11) is 1.61. The van der Waals surface area contributed by atoms with Gasteiger partial charge in [0.2, 0.25) is 0 Å². The molecule has 2 aromatic heterocycles. The van der Waals surface area contributed by atoms with Crippen molar-refractivity contribution >= 4 is 33.2 Å². The van der Waals surface area contributed by atoms with E-state index in [1.165, 1.54) is 17.8 Å². The molecule has 0 amide bonds. The Morgan fingerprint density at radius 1 is 1.15 bits per heavy atom. The van der Waals surface area contributed by atoms with Gasteiger partial charge in [-0.1, -0.05) is 30.7 Å². The zero-order chi connectivity index (χ0) is 23.7. The lowest BCUT2D eigenvalue weighted by atomic mass is 10.2. The monoisotopic (exact) mass is 495 g/mol. The Morgan fingerprint density at radius 3 is 2.71 bits per heavy atom. The molecule has 0 unspecified atom stereocenters. The molecule has 8 heteroatoms. The van der Waals surface area contributed by atoms with E-state index in [1.807, 2.05) is 48.5 Å². The molecule has 2 aromatic carbocycles. The standard InChI is InChI=1S/C26H26ClN3O3S/c1-17-9-10-29(15-17)11-12-33-22-8-7-20(13-23(22)32-2)30-16-28-21-14-24(34-25(21)26(30)31)18-3-5-19(27)6-4-18/h3-8,13-14,16-17H,9-12,15H2,1-2H3/t17-/m1/s1. The fraction of sp³-hybridized carbons (Fsp3) is 0.308. The minimum Gasteiger partial charge on any atom is -0.493 e. The number of thiophene rings is 1. The molecule has 1 aliphatic rings. The molecule has 0 aliphatic carbocycles. The SMILES string of the molecule is COc1cc(-n2cnc3cc(-c4ccc(Cl)cc4)sc3c2=O)ccc1OCCN1CC[C@@H](C)C1. The second-order valence-electron chi connectivity index (χ2n) is 8.63. The first-order chi connectivity index (χ1) is 16.5. The maximum absolute atomic E-state index is 13.3. The third kappa shape index (κ3) is 4.69. The van der Waals surface area contributed by atoms with Crippen LogP contribution in [-0.2, 0) is 0 Å². The number of fused-ring (bicyclic) bond motifs is 1. The van der Waals surface area contributed by atoms with Crippen molar-refractivity contribution in [3.63, 3.8) is 0 Å². The molecule has 0 saturated carbocycles. The number of benzene rings is 2. The molecule has 176 valence electrons.